The van der Waals surface area contributed by atoms with Crippen molar-refractivity contribution in [1.82, 2.24) is 0 Å². The molecule has 4 rings (SSSR count). The lowest BCUT2D eigenvalue weighted by Gasteiger charge is -2.20. The van der Waals surface area contributed by atoms with Crippen LogP contribution in [0, 0.1) is 0 Å². The van der Waals surface area contributed by atoms with E-state index in [1.807, 2.05) is 6.07 Å². The Labute approximate surface area is 130 Å². The van der Waals surface area contributed by atoms with Gasteiger partial charge < -0.3 is 9.47 Å². The van der Waals surface area contributed by atoms with Crippen LogP contribution in [0.4, 0.5) is 0 Å². The highest BCUT2D eigenvalue weighted by atomic mass is 16.5. The van der Waals surface area contributed by atoms with Crippen molar-refractivity contribution in [1.29, 1.82) is 0 Å². The molecule has 0 atom stereocenters. The second-order valence-corrected chi connectivity index (χ2v) is 5.97. The smallest absolute Gasteiger partial charge is 0.131 e. The van der Waals surface area contributed by atoms with E-state index in [1.54, 1.807) is 14.2 Å². The molecule has 112 valence electrons. The fraction of sp³-hybridized carbons (Fsp3) is 0.300. The van der Waals surface area contributed by atoms with Crippen LogP contribution < -0.4 is 9.47 Å². The van der Waals surface area contributed by atoms with Crippen LogP contribution >= 0.6 is 0 Å². The Balaban J connectivity index is 2.17. The summed E-state index contributed by atoms with van der Waals surface area (Å²) in [6, 6.07) is 13.0. The quantitative estimate of drug-likeness (QED) is 0.626. The monoisotopic (exact) mass is 292 g/mol. The summed E-state index contributed by atoms with van der Waals surface area (Å²) in [7, 11) is 3.45. The van der Waals surface area contributed by atoms with Crippen LogP contribution in [0.1, 0.15) is 24.0 Å². The predicted molar refractivity (Wildman–Crippen MR) is 91.2 cm³/mol. The van der Waals surface area contributed by atoms with Gasteiger partial charge in [-0.25, -0.2) is 0 Å². The normalized spacial score (nSPS) is 14.1. The average Bonchev–Trinajstić information content (AvgIpc) is 2.60. The second-order valence-electron chi connectivity index (χ2n) is 5.97. The molecule has 2 heteroatoms. The summed E-state index contributed by atoms with van der Waals surface area (Å²) in [4.78, 5) is 0. The molecule has 3 aromatic carbocycles. The minimum atomic E-state index is 0.869. The zero-order valence-corrected chi connectivity index (χ0v) is 13.1. The highest BCUT2D eigenvalue weighted by molar-refractivity contribution is 6.13. The number of ether oxygens (including phenoxy) is 2. The standard InChI is InChI=1S/C20H20O2/c1-21-18-9-5-8-16-15-11-10-13-6-3-4-7-14(13)17(15)12-19(22-2)20(16)18/h5,8-12H,3-4,6-7H2,1-2H3. The molecule has 22 heavy (non-hydrogen) atoms. The van der Waals surface area contributed by atoms with Gasteiger partial charge in [0.05, 0.1) is 19.6 Å². The van der Waals surface area contributed by atoms with Crippen molar-refractivity contribution in [3.05, 3.63) is 47.5 Å². The van der Waals surface area contributed by atoms with Crippen LogP contribution in [0.3, 0.4) is 0 Å². The molecule has 0 radical (unpaired) electrons. The number of benzene rings is 3. The molecule has 0 unspecified atom stereocenters. The summed E-state index contributed by atoms with van der Waals surface area (Å²) >= 11 is 0. The van der Waals surface area contributed by atoms with E-state index < -0.39 is 0 Å². The van der Waals surface area contributed by atoms with E-state index in [2.05, 4.69) is 30.3 Å². The lowest BCUT2D eigenvalue weighted by atomic mass is 9.86. The van der Waals surface area contributed by atoms with Gasteiger partial charge in [-0.2, -0.15) is 0 Å². The second kappa shape index (κ2) is 5.20. The molecule has 0 spiro atoms. The number of fused-ring (bicyclic) bond motifs is 5. The first-order chi connectivity index (χ1) is 10.8. The summed E-state index contributed by atoms with van der Waals surface area (Å²) in [5.41, 5.74) is 3.01. The summed E-state index contributed by atoms with van der Waals surface area (Å²) in [6.07, 6.45) is 4.96. The van der Waals surface area contributed by atoms with Crippen molar-refractivity contribution in [2.75, 3.05) is 14.2 Å². The molecule has 3 aromatic rings. The molecular weight excluding hydrogens is 272 g/mol. The minimum Gasteiger partial charge on any atom is -0.496 e. The van der Waals surface area contributed by atoms with Gasteiger partial charge in [0, 0.05) is 0 Å². The van der Waals surface area contributed by atoms with E-state index in [-0.39, 0.29) is 0 Å². The first-order valence-corrected chi connectivity index (χ1v) is 7.91. The molecule has 0 saturated heterocycles. The Morgan fingerprint density at radius 1 is 0.773 bits per heavy atom. The third-order valence-corrected chi connectivity index (χ3v) is 4.86. The van der Waals surface area contributed by atoms with Gasteiger partial charge in [-0.15, -0.1) is 0 Å². The average molecular weight is 292 g/mol. The zero-order chi connectivity index (χ0) is 15.1. The van der Waals surface area contributed by atoms with Crippen LogP contribution in [-0.4, -0.2) is 14.2 Å². The fourth-order valence-electron chi connectivity index (χ4n) is 3.80. The number of rotatable bonds is 2. The van der Waals surface area contributed by atoms with Crippen molar-refractivity contribution in [2.24, 2.45) is 0 Å². The van der Waals surface area contributed by atoms with E-state index in [1.165, 1.54) is 53.0 Å². The van der Waals surface area contributed by atoms with Crippen LogP contribution in [0.25, 0.3) is 21.5 Å². The summed E-state index contributed by atoms with van der Waals surface area (Å²) < 4.78 is 11.2. The molecule has 0 heterocycles. The highest BCUT2D eigenvalue weighted by Gasteiger charge is 2.17. The number of hydrogen-bond donors (Lipinski definition) is 0. The maximum Gasteiger partial charge on any atom is 0.131 e. The van der Waals surface area contributed by atoms with Crippen molar-refractivity contribution >= 4 is 21.5 Å². The van der Waals surface area contributed by atoms with E-state index >= 15 is 0 Å². The first kappa shape index (κ1) is 13.4. The first-order valence-electron chi connectivity index (χ1n) is 7.91. The van der Waals surface area contributed by atoms with Crippen LogP contribution in [0.15, 0.2) is 36.4 Å². The van der Waals surface area contributed by atoms with Gasteiger partial charge in [0.1, 0.15) is 11.5 Å². The summed E-state index contributed by atoms with van der Waals surface area (Å²) in [5, 5.41) is 4.92. The molecule has 0 bridgehead atoms. The van der Waals surface area contributed by atoms with Crippen LogP contribution in [-0.2, 0) is 12.8 Å². The topological polar surface area (TPSA) is 18.5 Å². The van der Waals surface area contributed by atoms with E-state index in [4.69, 9.17) is 9.47 Å². The predicted octanol–water partition coefficient (Wildman–Crippen LogP) is 4.89. The zero-order valence-electron chi connectivity index (χ0n) is 13.1. The Kier molecular flexibility index (Phi) is 3.18. The molecule has 1 aliphatic carbocycles. The minimum absolute atomic E-state index is 0.869. The van der Waals surface area contributed by atoms with Crippen molar-refractivity contribution in [3.63, 3.8) is 0 Å². The maximum atomic E-state index is 5.69. The third-order valence-electron chi connectivity index (χ3n) is 4.86. The van der Waals surface area contributed by atoms with Gasteiger partial charge in [0.2, 0.25) is 0 Å². The molecule has 1 aliphatic rings. The lowest BCUT2D eigenvalue weighted by molar-refractivity contribution is 0.405. The highest BCUT2D eigenvalue weighted by Crippen LogP contribution is 2.41. The van der Waals surface area contributed by atoms with Crippen molar-refractivity contribution in [2.45, 2.75) is 25.7 Å². The van der Waals surface area contributed by atoms with Gasteiger partial charge in [0.25, 0.3) is 0 Å². The Morgan fingerprint density at radius 2 is 1.59 bits per heavy atom. The Hall–Kier alpha value is -2.22. The number of methoxy groups -OCH3 is 2. The number of aryl methyl sites for hydroxylation is 2. The van der Waals surface area contributed by atoms with Gasteiger partial charge in [-0.05, 0) is 65.1 Å². The summed E-state index contributed by atoms with van der Waals surface area (Å²) in [5.74, 6) is 1.77. The fourth-order valence-corrected chi connectivity index (χ4v) is 3.80. The molecular formula is C20H20O2. The van der Waals surface area contributed by atoms with Gasteiger partial charge in [0.15, 0.2) is 0 Å². The van der Waals surface area contributed by atoms with Crippen molar-refractivity contribution in [3.8, 4) is 11.5 Å². The van der Waals surface area contributed by atoms with E-state index in [9.17, 15) is 0 Å². The van der Waals surface area contributed by atoms with Gasteiger partial charge >= 0.3 is 0 Å². The maximum absolute atomic E-state index is 5.69. The molecule has 0 saturated carbocycles. The van der Waals surface area contributed by atoms with Crippen LogP contribution in [0.2, 0.25) is 0 Å². The largest absolute Gasteiger partial charge is 0.496 e. The Bertz CT molecular complexity index is 865. The Morgan fingerprint density at radius 3 is 2.41 bits per heavy atom. The van der Waals surface area contributed by atoms with Crippen LogP contribution in [0.5, 0.6) is 11.5 Å². The molecule has 0 N–H and O–H groups in total. The SMILES string of the molecule is COc1cccc2c1c(OC)cc1c3c(ccc12)CCCC3. The molecule has 0 amide bonds. The summed E-state index contributed by atoms with van der Waals surface area (Å²) in [6.45, 7) is 0. The molecule has 0 fully saturated rings. The van der Waals surface area contributed by atoms with Gasteiger partial charge in [-0.1, -0.05) is 24.3 Å². The van der Waals surface area contributed by atoms with Gasteiger partial charge in [-0.3, -0.25) is 0 Å². The lowest BCUT2D eigenvalue weighted by Crippen LogP contribution is -2.03. The molecule has 0 aromatic heterocycles. The molecule has 2 nitrogen and oxygen atoms in total. The van der Waals surface area contributed by atoms with E-state index in [0.717, 1.165) is 16.9 Å². The van der Waals surface area contributed by atoms with E-state index in [0.29, 0.717) is 0 Å². The van der Waals surface area contributed by atoms with Crippen molar-refractivity contribution < 1.29 is 9.47 Å². The third kappa shape index (κ3) is 1.87. The molecule has 0 aliphatic heterocycles. The number of hydrogen-bond acceptors (Lipinski definition) is 2.